The summed E-state index contributed by atoms with van der Waals surface area (Å²) < 4.78 is 42.8. The lowest BCUT2D eigenvalue weighted by Gasteiger charge is -2.27. The summed E-state index contributed by atoms with van der Waals surface area (Å²) in [6.07, 6.45) is 0.212. The average Bonchev–Trinajstić information content (AvgIpc) is 2.90. The summed E-state index contributed by atoms with van der Waals surface area (Å²) in [5.41, 5.74) is 1.20. The van der Waals surface area contributed by atoms with Gasteiger partial charge in [-0.2, -0.15) is 13.2 Å². The first-order valence-electron chi connectivity index (χ1n) is 6.04. The van der Waals surface area contributed by atoms with Gasteiger partial charge in [-0.1, -0.05) is 0 Å². The Balaban J connectivity index is 1.75. The van der Waals surface area contributed by atoms with E-state index < -0.39 is 12.0 Å². The van der Waals surface area contributed by atoms with Gasteiger partial charge in [0.2, 0.25) is 5.82 Å². The molecule has 2 aromatic rings. The van der Waals surface area contributed by atoms with Crippen LogP contribution in [0, 0.1) is 0 Å². The lowest BCUT2D eigenvalue weighted by atomic mass is 10.1. The van der Waals surface area contributed by atoms with E-state index in [1.54, 1.807) is 6.20 Å². The highest BCUT2D eigenvalue weighted by atomic mass is 19.4. The van der Waals surface area contributed by atoms with Crippen LogP contribution in [0.3, 0.4) is 0 Å². The van der Waals surface area contributed by atoms with Crippen LogP contribution in [-0.2, 0) is 25.7 Å². The van der Waals surface area contributed by atoms with Gasteiger partial charge in [0.05, 0.1) is 18.4 Å². The third-order valence-corrected chi connectivity index (χ3v) is 3.13. The molecule has 0 aliphatic carbocycles. The van der Waals surface area contributed by atoms with E-state index in [1.165, 1.54) is 12.6 Å². The predicted octanol–water partition coefficient (Wildman–Crippen LogP) is 2.04. The number of fused-ring (bicyclic) bond motifs is 1. The van der Waals surface area contributed by atoms with Crippen molar-refractivity contribution in [3.05, 3.63) is 41.6 Å². The molecule has 0 N–H and O–H groups in total. The minimum absolute atomic E-state index is 0.467. The van der Waals surface area contributed by atoms with Crippen LogP contribution in [-0.4, -0.2) is 26.4 Å². The first kappa shape index (κ1) is 13.0. The number of hydrogen-bond acceptors (Lipinski definition) is 5. The SMILES string of the molecule is FC(F)(F)c1ncc2c(n1)CCN(Cc1cnco1)C2. The predicted molar refractivity (Wildman–Crippen MR) is 61.4 cm³/mol. The summed E-state index contributed by atoms with van der Waals surface area (Å²) in [6, 6.07) is 0. The maximum absolute atomic E-state index is 12.5. The van der Waals surface area contributed by atoms with Gasteiger partial charge in [-0.3, -0.25) is 4.90 Å². The summed E-state index contributed by atoms with van der Waals surface area (Å²) in [6.45, 7) is 1.71. The van der Waals surface area contributed by atoms with Gasteiger partial charge in [-0.15, -0.1) is 0 Å². The van der Waals surface area contributed by atoms with E-state index in [9.17, 15) is 13.2 Å². The van der Waals surface area contributed by atoms with Crippen molar-refractivity contribution in [2.75, 3.05) is 6.54 Å². The van der Waals surface area contributed by atoms with Crippen molar-refractivity contribution < 1.29 is 17.6 Å². The minimum atomic E-state index is -4.49. The highest BCUT2D eigenvalue weighted by Gasteiger charge is 2.35. The third-order valence-electron chi connectivity index (χ3n) is 3.13. The number of halogens is 3. The molecular weight excluding hydrogens is 273 g/mol. The van der Waals surface area contributed by atoms with E-state index in [0.717, 1.165) is 11.3 Å². The van der Waals surface area contributed by atoms with Gasteiger partial charge in [0.15, 0.2) is 6.39 Å². The van der Waals surface area contributed by atoms with Crippen LogP contribution < -0.4 is 0 Å². The maximum Gasteiger partial charge on any atom is 0.451 e. The molecule has 0 bridgehead atoms. The van der Waals surface area contributed by atoms with E-state index in [-0.39, 0.29) is 0 Å². The third kappa shape index (κ3) is 2.64. The molecule has 106 valence electrons. The highest BCUT2D eigenvalue weighted by Crippen LogP contribution is 2.27. The second-order valence-electron chi connectivity index (χ2n) is 4.59. The van der Waals surface area contributed by atoms with Crippen molar-refractivity contribution in [2.24, 2.45) is 0 Å². The molecule has 0 saturated heterocycles. The largest absolute Gasteiger partial charge is 0.451 e. The molecule has 3 heterocycles. The van der Waals surface area contributed by atoms with Gasteiger partial charge in [-0.25, -0.2) is 15.0 Å². The average molecular weight is 284 g/mol. The van der Waals surface area contributed by atoms with Crippen LogP contribution in [0.25, 0.3) is 0 Å². The summed E-state index contributed by atoms with van der Waals surface area (Å²) in [5, 5.41) is 0. The molecule has 0 radical (unpaired) electrons. The molecule has 3 rings (SSSR count). The van der Waals surface area contributed by atoms with Crippen LogP contribution in [0.4, 0.5) is 13.2 Å². The van der Waals surface area contributed by atoms with E-state index in [1.807, 2.05) is 0 Å². The smallest absolute Gasteiger partial charge is 0.447 e. The van der Waals surface area contributed by atoms with Gasteiger partial charge in [0, 0.05) is 31.3 Å². The molecular formula is C12H11F3N4O. The number of rotatable bonds is 2. The topological polar surface area (TPSA) is 55.1 Å². The number of aromatic nitrogens is 3. The second kappa shape index (κ2) is 4.86. The maximum atomic E-state index is 12.5. The van der Waals surface area contributed by atoms with Crippen molar-refractivity contribution in [1.29, 1.82) is 0 Å². The molecule has 1 aliphatic heterocycles. The van der Waals surface area contributed by atoms with Crippen LogP contribution in [0.5, 0.6) is 0 Å². The second-order valence-corrected chi connectivity index (χ2v) is 4.59. The zero-order valence-corrected chi connectivity index (χ0v) is 10.4. The fourth-order valence-corrected chi connectivity index (χ4v) is 2.19. The summed E-state index contributed by atoms with van der Waals surface area (Å²) in [5.74, 6) is -0.346. The van der Waals surface area contributed by atoms with Crippen molar-refractivity contribution in [3.63, 3.8) is 0 Å². The summed E-state index contributed by atoms with van der Waals surface area (Å²) in [4.78, 5) is 12.9. The molecule has 5 nitrogen and oxygen atoms in total. The molecule has 0 spiro atoms. The lowest BCUT2D eigenvalue weighted by Crippen LogP contribution is -2.31. The van der Waals surface area contributed by atoms with Crippen molar-refractivity contribution in [3.8, 4) is 0 Å². The number of alkyl halides is 3. The Kier molecular flexibility index (Phi) is 3.17. The molecule has 0 amide bonds. The van der Waals surface area contributed by atoms with Crippen LogP contribution >= 0.6 is 0 Å². The van der Waals surface area contributed by atoms with Crippen molar-refractivity contribution >= 4 is 0 Å². The molecule has 0 fully saturated rings. The standard InChI is InChI=1S/C12H11F3N4O/c13-12(14,15)11-17-3-8-5-19(2-1-10(8)18-11)6-9-4-16-7-20-9/h3-4,7H,1-2,5-6H2. The molecule has 1 aliphatic rings. The van der Waals surface area contributed by atoms with E-state index >= 15 is 0 Å². The molecule has 20 heavy (non-hydrogen) atoms. The molecule has 0 atom stereocenters. The zero-order valence-electron chi connectivity index (χ0n) is 10.4. The van der Waals surface area contributed by atoms with Gasteiger partial charge in [-0.05, 0) is 0 Å². The molecule has 0 aromatic carbocycles. The normalized spacial score (nSPS) is 16.1. The van der Waals surface area contributed by atoms with Gasteiger partial charge >= 0.3 is 6.18 Å². The van der Waals surface area contributed by atoms with E-state index in [2.05, 4.69) is 19.9 Å². The Hall–Kier alpha value is -1.96. The molecule has 8 heteroatoms. The Morgan fingerprint density at radius 2 is 2.15 bits per heavy atom. The Bertz CT molecular complexity index is 597. The monoisotopic (exact) mass is 284 g/mol. The quantitative estimate of drug-likeness (QED) is 0.844. The molecule has 2 aromatic heterocycles. The van der Waals surface area contributed by atoms with Crippen molar-refractivity contribution in [2.45, 2.75) is 25.7 Å². The summed E-state index contributed by atoms with van der Waals surface area (Å²) in [7, 11) is 0. The van der Waals surface area contributed by atoms with Crippen LogP contribution in [0.1, 0.15) is 22.8 Å². The van der Waals surface area contributed by atoms with E-state index in [0.29, 0.717) is 31.7 Å². The Morgan fingerprint density at radius 3 is 2.85 bits per heavy atom. The fraction of sp³-hybridized carbons (Fsp3) is 0.417. The minimum Gasteiger partial charge on any atom is -0.447 e. The van der Waals surface area contributed by atoms with Gasteiger partial charge in [0.1, 0.15) is 5.76 Å². The van der Waals surface area contributed by atoms with E-state index in [4.69, 9.17) is 4.42 Å². The van der Waals surface area contributed by atoms with Gasteiger partial charge in [0.25, 0.3) is 0 Å². The first-order valence-corrected chi connectivity index (χ1v) is 6.04. The van der Waals surface area contributed by atoms with Gasteiger partial charge < -0.3 is 4.42 Å². The highest BCUT2D eigenvalue weighted by molar-refractivity contribution is 5.21. The van der Waals surface area contributed by atoms with Crippen LogP contribution in [0.15, 0.2) is 23.2 Å². The number of nitrogens with zero attached hydrogens (tertiary/aromatic N) is 4. The Labute approximate surface area is 112 Å². The molecule has 0 unspecified atom stereocenters. The molecule has 0 saturated carbocycles. The van der Waals surface area contributed by atoms with Crippen LogP contribution in [0.2, 0.25) is 0 Å². The first-order chi connectivity index (χ1) is 9.52. The number of hydrogen-bond donors (Lipinski definition) is 0. The summed E-state index contributed by atoms with van der Waals surface area (Å²) >= 11 is 0. The fourth-order valence-electron chi connectivity index (χ4n) is 2.19. The lowest BCUT2D eigenvalue weighted by molar-refractivity contribution is -0.145. The Morgan fingerprint density at radius 1 is 1.30 bits per heavy atom. The number of oxazole rings is 1. The van der Waals surface area contributed by atoms with Crippen molar-refractivity contribution in [1.82, 2.24) is 19.9 Å². The zero-order chi connectivity index (χ0) is 14.2.